The Hall–Kier alpha value is -1.10. The zero-order valence-electron chi connectivity index (χ0n) is 12.4. The van der Waals surface area contributed by atoms with Gasteiger partial charge in [-0.1, -0.05) is 19.3 Å². The fourth-order valence-electron chi connectivity index (χ4n) is 3.96. The lowest BCUT2D eigenvalue weighted by molar-refractivity contribution is -0.155. The molecule has 2 heterocycles. The van der Waals surface area contributed by atoms with Gasteiger partial charge in [-0.25, -0.2) is 0 Å². The summed E-state index contributed by atoms with van der Waals surface area (Å²) in [7, 11) is 2.11. The molecule has 0 aromatic rings. The molecule has 2 aliphatic heterocycles. The van der Waals surface area contributed by atoms with E-state index in [2.05, 4.69) is 17.3 Å². The van der Waals surface area contributed by atoms with Gasteiger partial charge >= 0.3 is 0 Å². The van der Waals surface area contributed by atoms with Gasteiger partial charge in [0.25, 0.3) is 0 Å². The van der Waals surface area contributed by atoms with Gasteiger partial charge in [-0.3, -0.25) is 9.59 Å². The highest BCUT2D eigenvalue weighted by molar-refractivity contribution is 5.98. The van der Waals surface area contributed by atoms with Gasteiger partial charge in [0, 0.05) is 6.04 Å². The Labute approximate surface area is 120 Å². The summed E-state index contributed by atoms with van der Waals surface area (Å²) >= 11 is 0. The minimum atomic E-state index is -0.572. The van der Waals surface area contributed by atoms with Crippen molar-refractivity contribution in [3.8, 4) is 0 Å². The number of carbonyl (C=O) groups excluding carboxylic acids is 2. The van der Waals surface area contributed by atoms with Crippen molar-refractivity contribution in [2.45, 2.75) is 56.5 Å². The Morgan fingerprint density at radius 3 is 2.40 bits per heavy atom. The molecule has 112 valence electrons. The van der Waals surface area contributed by atoms with Crippen LogP contribution in [-0.2, 0) is 9.59 Å². The third kappa shape index (κ3) is 2.43. The van der Waals surface area contributed by atoms with Crippen LogP contribution >= 0.6 is 0 Å². The predicted octanol–water partition coefficient (Wildman–Crippen LogP) is 0.742. The van der Waals surface area contributed by atoms with Crippen molar-refractivity contribution < 1.29 is 9.59 Å². The van der Waals surface area contributed by atoms with Crippen molar-refractivity contribution in [2.75, 3.05) is 26.7 Å². The predicted molar refractivity (Wildman–Crippen MR) is 76.2 cm³/mol. The maximum Gasteiger partial charge on any atom is 0.249 e. The first kappa shape index (κ1) is 13.9. The van der Waals surface area contributed by atoms with Crippen molar-refractivity contribution in [3.05, 3.63) is 0 Å². The number of hydrogen-bond acceptors (Lipinski definition) is 3. The normalized spacial score (nSPS) is 28.8. The second-order valence-electron chi connectivity index (χ2n) is 6.66. The van der Waals surface area contributed by atoms with E-state index in [0.29, 0.717) is 0 Å². The van der Waals surface area contributed by atoms with E-state index in [0.717, 1.165) is 51.6 Å². The molecule has 3 rings (SSSR count). The smallest absolute Gasteiger partial charge is 0.249 e. The number of piperidine rings is 1. The summed E-state index contributed by atoms with van der Waals surface area (Å²) in [6.07, 6.45) is 6.90. The van der Waals surface area contributed by atoms with Crippen LogP contribution in [0.5, 0.6) is 0 Å². The summed E-state index contributed by atoms with van der Waals surface area (Å²) in [6, 6.07) is 0.253. The molecule has 0 atom stereocenters. The van der Waals surface area contributed by atoms with E-state index >= 15 is 0 Å². The second kappa shape index (κ2) is 5.35. The van der Waals surface area contributed by atoms with Gasteiger partial charge in [0.05, 0.1) is 6.54 Å². The Kier molecular flexibility index (Phi) is 3.71. The molecule has 0 aromatic heterocycles. The molecule has 0 radical (unpaired) electrons. The van der Waals surface area contributed by atoms with Gasteiger partial charge in [0.1, 0.15) is 5.54 Å². The first-order valence-corrected chi connectivity index (χ1v) is 7.91. The zero-order chi connectivity index (χ0) is 14.2. The van der Waals surface area contributed by atoms with Crippen LogP contribution in [0.4, 0.5) is 0 Å². The maximum atomic E-state index is 12.9. The van der Waals surface area contributed by atoms with Gasteiger partial charge in [0.15, 0.2) is 0 Å². The van der Waals surface area contributed by atoms with E-state index in [1.807, 2.05) is 4.90 Å². The Balaban J connectivity index is 1.76. The van der Waals surface area contributed by atoms with Crippen LogP contribution in [0.15, 0.2) is 0 Å². The number of carbonyl (C=O) groups is 2. The number of piperazine rings is 1. The lowest BCUT2D eigenvalue weighted by atomic mass is 9.78. The lowest BCUT2D eigenvalue weighted by Gasteiger charge is -2.47. The zero-order valence-corrected chi connectivity index (χ0v) is 12.4. The number of nitrogens with one attached hydrogen (secondary N) is 1. The number of nitrogens with zero attached hydrogens (tertiary/aromatic N) is 2. The van der Waals surface area contributed by atoms with Crippen LogP contribution in [0.1, 0.15) is 44.9 Å². The third-order valence-corrected chi connectivity index (χ3v) is 5.20. The minimum absolute atomic E-state index is 0.0328. The molecule has 1 aliphatic carbocycles. The Morgan fingerprint density at radius 1 is 1.10 bits per heavy atom. The first-order chi connectivity index (χ1) is 9.61. The molecule has 1 N–H and O–H groups in total. The molecule has 5 nitrogen and oxygen atoms in total. The molecule has 1 spiro atoms. The van der Waals surface area contributed by atoms with Gasteiger partial charge in [-0.15, -0.1) is 0 Å². The van der Waals surface area contributed by atoms with Crippen molar-refractivity contribution >= 4 is 11.8 Å². The van der Waals surface area contributed by atoms with E-state index < -0.39 is 5.54 Å². The molecule has 5 heteroatoms. The van der Waals surface area contributed by atoms with Crippen molar-refractivity contribution in [2.24, 2.45) is 0 Å². The van der Waals surface area contributed by atoms with Crippen LogP contribution in [-0.4, -0.2) is 59.9 Å². The SMILES string of the molecule is CN1CCC(N2CC(=O)NC3(CCCCC3)C2=O)CC1. The standard InChI is InChI=1S/C15H25N3O2/c1-17-9-5-12(6-10-17)18-11-13(19)16-15(14(18)20)7-3-2-4-8-15/h12H,2-11H2,1H3,(H,16,19). The second-order valence-corrected chi connectivity index (χ2v) is 6.66. The quantitative estimate of drug-likeness (QED) is 0.770. The number of amides is 2. The van der Waals surface area contributed by atoms with Gasteiger partial charge in [0.2, 0.25) is 11.8 Å². The molecule has 0 unspecified atom stereocenters. The number of hydrogen-bond donors (Lipinski definition) is 1. The molecule has 0 bridgehead atoms. The molecule has 1 saturated carbocycles. The molecular formula is C15H25N3O2. The fourth-order valence-corrected chi connectivity index (χ4v) is 3.96. The molecule has 3 fully saturated rings. The number of likely N-dealkylation sites (tertiary alicyclic amines) is 1. The van der Waals surface area contributed by atoms with E-state index in [1.165, 1.54) is 6.42 Å². The average Bonchev–Trinajstić information content (AvgIpc) is 2.45. The molecule has 2 saturated heterocycles. The maximum absolute atomic E-state index is 12.9. The van der Waals surface area contributed by atoms with Crippen molar-refractivity contribution in [3.63, 3.8) is 0 Å². The van der Waals surface area contributed by atoms with Crippen LogP contribution in [0.2, 0.25) is 0 Å². The highest BCUT2D eigenvalue weighted by atomic mass is 16.2. The molecule has 0 aromatic carbocycles. The molecular weight excluding hydrogens is 254 g/mol. The first-order valence-electron chi connectivity index (χ1n) is 7.91. The van der Waals surface area contributed by atoms with Crippen molar-refractivity contribution in [1.29, 1.82) is 0 Å². The minimum Gasteiger partial charge on any atom is -0.340 e. The van der Waals surface area contributed by atoms with Gasteiger partial charge < -0.3 is 15.1 Å². The number of rotatable bonds is 1. The van der Waals surface area contributed by atoms with Gasteiger partial charge in [-0.05, 0) is 45.8 Å². The van der Waals surface area contributed by atoms with E-state index in [9.17, 15) is 9.59 Å². The monoisotopic (exact) mass is 279 g/mol. The highest BCUT2D eigenvalue weighted by Gasteiger charge is 2.48. The van der Waals surface area contributed by atoms with Crippen LogP contribution in [0.3, 0.4) is 0 Å². The Morgan fingerprint density at radius 2 is 1.75 bits per heavy atom. The van der Waals surface area contributed by atoms with E-state index in [1.54, 1.807) is 0 Å². The van der Waals surface area contributed by atoms with Gasteiger partial charge in [-0.2, -0.15) is 0 Å². The lowest BCUT2D eigenvalue weighted by Crippen LogP contribution is -2.69. The summed E-state index contributed by atoms with van der Waals surface area (Å²) in [6.45, 7) is 2.29. The Bertz CT molecular complexity index is 396. The third-order valence-electron chi connectivity index (χ3n) is 5.20. The summed E-state index contributed by atoms with van der Waals surface area (Å²) in [5.41, 5.74) is -0.572. The summed E-state index contributed by atoms with van der Waals surface area (Å²) in [4.78, 5) is 29.2. The van der Waals surface area contributed by atoms with E-state index in [-0.39, 0.29) is 24.4 Å². The largest absolute Gasteiger partial charge is 0.340 e. The molecule has 3 aliphatic rings. The van der Waals surface area contributed by atoms with Crippen molar-refractivity contribution in [1.82, 2.24) is 15.1 Å². The fraction of sp³-hybridized carbons (Fsp3) is 0.867. The van der Waals surface area contributed by atoms with Crippen LogP contribution in [0, 0.1) is 0 Å². The van der Waals surface area contributed by atoms with Crippen LogP contribution in [0.25, 0.3) is 0 Å². The van der Waals surface area contributed by atoms with Crippen LogP contribution < -0.4 is 5.32 Å². The molecule has 20 heavy (non-hydrogen) atoms. The van der Waals surface area contributed by atoms with E-state index in [4.69, 9.17) is 0 Å². The summed E-state index contributed by atoms with van der Waals surface area (Å²) < 4.78 is 0. The summed E-state index contributed by atoms with van der Waals surface area (Å²) in [5.74, 6) is 0.219. The topological polar surface area (TPSA) is 52.6 Å². The average molecular weight is 279 g/mol. The summed E-state index contributed by atoms with van der Waals surface area (Å²) in [5, 5.41) is 3.02. The highest BCUT2D eigenvalue weighted by Crippen LogP contribution is 2.33. The molecule has 2 amide bonds.